The van der Waals surface area contributed by atoms with Crippen molar-refractivity contribution in [1.29, 1.82) is 0 Å². The van der Waals surface area contributed by atoms with Gasteiger partial charge in [0.1, 0.15) is 0 Å². The van der Waals surface area contributed by atoms with Gasteiger partial charge in [0.05, 0.1) is 6.04 Å². The van der Waals surface area contributed by atoms with Crippen molar-refractivity contribution in [3.63, 3.8) is 0 Å². The number of H-pyrrole nitrogens is 1. The van der Waals surface area contributed by atoms with Crippen molar-refractivity contribution in [2.75, 3.05) is 7.05 Å². The number of nitrogens with zero attached hydrogens (tertiary/aromatic N) is 1. The van der Waals surface area contributed by atoms with Gasteiger partial charge in [0.25, 0.3) is 0 Å². The summed E-state index contributed by atoms with van der Waals surface area (Å²) in [6.07, 6.45) is 7.22. The van der Waals surface area contributed by atoms with E-state index in [0.717, 1.165) is 29.3 Å². The summed E-state index contributed by atoms with van der Waals surface area (Å²) >= 11 is 0. The highest BCUT2D eigenvalue weighted by molar-refractivity contribution is 5.86. The van der Waals surface area contributed by atoms with E-state index < -0.39 is 6.04 Å². The van der Waals surface area contributed by atoms with Crippen LogP contribution >= 0.6 is 0 Å². The molecule has 1 aliphatic rings. The number of amides is 1. The van der Waals surface area contributed by atoms with Crippen LogP contribution < -0.4 is 5.73 Å². The minimum Gasteiger partial charge on any atom is -0.361 e. The van der Waals surface area contributed by atoms with Crippen LogP contribution in [0.5, 0.6) is 0 Å². The lowest BCUT2D eigenvalue weighted by atomic mass is 10.0. The van der Waals surface area contributed by atoms with E-state index in [1.165, 1.54) is 12.8 Å². The molecular formula is C17H23N3O. The van der Waals surface area contributed by atoms with Crippen LogP contribution in [0.1, 0.15) is 31.2 Å². The van der Waals surface area contributed by atoms with E-state index >= 15 is 0 Å². The molecule has 1 aliphatic carbocycles. The number of hydrogen-bond donors (Lipinski definition) is 2. The maximum Gasteiger partial charge on any atom is 0.239 e. The van der Waals surface area contributed by atoms with Gasteiger partial charge in [-0.2, -0.15) is 0 Å². The normalized spacial score (nSPS) is 17.2. The topological polar surface area (TPSA) is 62.1 Å². The fourth-order valence-corrected chi connectivity index (χ4v) is 3.36. The van der Waals surface area contributed by atoms with Crippen molar-refractivity contribution in [3.05, 3.63) is 36.0 Å². The van der Waals surface area contributed by atoms with Crippen LogP contribution in [0.15, 0.2) is 30.5 Å². The molecule has 21 heavy (non-hydrogen) atoms. The second-order valence-electron chi connectivity index (χ2n) is 6.06. The van der Waals surface area contributed by atoms with Crippen LogP contribution in [0.25, 0.3) is 10.9 Å². The first kappa shape index (κ1) is 14.1. The summed E-state index contributed by atoms with van der Waals surface area (Å²) in [6, 6.07) is 8.04. The molecule has 1 aromatic carbocycles. The van der Waals surface area contributed by atoms with Crippen molar-refractivity contribution in [2.24, 2.45) is 5.73 Å². The van der Waals surface area contributed by atoms with E-state index in [0.29, 0.717) is 12.5 Å². The molecule has 4 heteroatoms. The van der Waals surface area contributed by atoms with Gasteiger partial charge in [-0.15, -0.1) is 0 Å². The van der Waals surface area contributed by atoms with Crippen LogP contribution in [0.4, 0.5) is 0 Å². The number of likely N-dealkylation sites (N-methyl/N-ethyl adjacent to an activating group) is 1. The van der Waals surface area contributed by atoms with Crippen LogP contribution in [0.2, 0.25) is 0 Å². The SMILES string of the molecule is CN(C(=O)[C@H](N)Cc1c[nH]c2ccccc12)C1CCCC1. The summed E-state index contributed by atoms with van der Waals surface area (Å²) in [4.78, 5) is 17.6. The van der Waals surface area contributed by atoms with E-state index in [4.69, 9.17) is 5.73 Å². The minimum atomic E-state index is -0.463. The predicted molar refractivity (Wildman–Crippen MR) is 85.0 cm³/mol. The second kappa shape index (κ2) is 5.90. The Kier molecular flexibility index (Phi) is 3.97. The number of nitrogens with two attached hydrogens (primary N) is 1. The Morgan fingerprint density at radius 3 is 2.86 bits per heavy atom. The van der Waals surface area contributed by atoms with Crippen LogP contribution in [-0.4, -0.2) is 34.9 Å². The molecule has 2 aromatic rings. The van der Waals surface area contributed by atoms with E-state index in [1.54, 1.807) is 0 Å². The molecule has 0 bridgehead atoms. The van der Waals surface area contributed by atoms with Gasteiger partial charge in [-0.05, 0) is 30.9 Å². The lowest BCUT2D eigenvalue weighted by Gasteiger charge is -2.27. The third kappa shape index (κ3) is 2.81. The number of nitrogens with one attached hydrogen (secondary N) is 1. The standard InChI is InChI=1S/C17H23N3O/c1-20(13-6-2-3-7-13)17(21)15(18)10-12-11-19-16-9-5-4-8-14(12)16/h4-5,8-9,11,13,15,19H,2-3,6-7,10,18H2,1H3/t15-/m1/s1. The lowest BCUT2D eigenvalue weighted by Crippen LogP contribution is -2.46. The summed E-state index contributed by atoms with van der Waals surface area (Å²) in [5.41, 5.74) is 8.37. The van der Waals surface area contributed by atoms with Crippen molar-refractivity contribution in [2.45, 2.75) is 44.2 Å². The molecule has 1 amide bonds. The van der Waals surface area contributed by atoms with Gasteiger partial charge in [-0.3, -0.25) is 4.79 Å². The van der Waals surface area contributed by atoms with Crippen LogP contribution in [0.3, 0.4) is 0 Å². The number of benzene rings is 1. The number of aromatic nitrogens is 1. The number of hydrogen-bond acceptors (Lipinski definition) is 2. The van der Waals surface area contributed by atoms with Crippen molar-refractivity contribution in [3.8, 4) is 0 Å². The van der Waals surface area contributed by atoms with Crippen molar-refractivity contribution < 1.29 is 4.79 Å². The van der Waals surface area contributed by atoms with Crippen molar-refractivity contribution >= 4 is 16.8 Å². The molecule has 1 fully saturated rings. The Balaban J connectivity index is 1.70. The van der Waals surface area contributed by atoms with Gasteiger partial charge < -0.3 is 15.6 Å². The molecule has 3 rings (SSSR count). The van der Waals surface area contributed by atoms with Gasteiger partial charge in [0.15, 0.2) is 0 Å². The highest BCUT2D eigenvalue weighted by atomic mass is 16.2. The quantitative estimate of drug-likeness (QED) is 0.906. The number of fused-ring (bicyclic) bond motifs is 1. The van der Waals surface area contributed by atoms with Crippen LogP contribution in [-0.2, 0) is 11.2 Å². The average Bonchev–Trinajstić information content (AvgIpc) is 3.16. The van der Waals surface area contributed by atoms with E-state index in [-0.39, 0.29) is 5.91 Å². The minimum absolute atomic E-state index is 0.0622. The monoisotopic (exact) mass is 285 g/mol. The molecule has 4 nitrogen and oxygen atoms in total. The summed E-state index contributed by atoms with van der Waals surface area (Å²) in [7, 11) is 1.90. The smallest absolute Gasteiger partial charge is 0.239 e. The maximum absolute atomic E-state index is 12.5. The fraction of sp³-hybridized carbons (Fsp3) is 0.471. The van der Waals surface area contributed by atoms with Gasteiger partial charge >= 0.3 is 0 Å². The Labute approximate surface area is 125 Å². The molecule has 0 spiro atoms. The zero-order valence-corrected chi connectivity index (χ0v) is 12.5. The lowest BCUT2D eigenvalue weighted by molar-refractivity contribution is -0.133. The Hall–Kier alpha value is -1.81. The summed E-state index contributed by atoms with van der Waals surface area (Å²) < 4.78 is 0. The average molecular weight is 285 g/mol. The molecule has 0 radical (unpaired) electrons. The molecule has 1 heterocycles. The first-order valence-electron chi connectivity index (χ1n) is 7.74. The van der Waals surface area contributed by atoms with Crippen LogP contribution in [0, 0.1) is 0 Å². The molecular weight excluding hydrogens is 262 g/mol. The third-order valence-corrected chi connectivity index (χ3v) is 4.65. The van der Waals surface area contributed by atoms with Gasteiger partial charge in [-0.25, -0.2) is 0 Å². The Morgan fingerprint density at radius 1 is 1.38 bits per heavy atom. The summed E-state index contributed by atoms with van der Waals surface area (Å²) in [5.74, 6) is 0.0622. The molecule has 1 saturated carbocycles. The second-order valence-corrected chi connectivity index (χ2v) is 6.06. The highest BCUT2D eigenvalue weighted by Gasteiger charge is 2.27. The third-order valence-electron chi connectivity index (χ3n) is 4.65. The molecule has 0 unspecified atom stereocenters. The van der Waals surface area contributed by atoms with Gasteiger partial charge in [0.2, 0.25) is 5.91 Å². The number of para-hydroxylation sites is 1. The predicted octanol–water partition coefficient (Wildman–Crippen LogP) is 2.44. The molecule has 0 saturated heterocycles. The number of carbonyl (C=O) groups excluding carboxylic acids is 1. The largest absolute Gasteiger partial charge is 0.361 e. The van der Waals surface area contributed by atoms with Crippen molar-refractivity contribution in [1.82, 2.24) is 9.88 Å². The molecule has 1 aromatic heterocycles. The first-order chi connectivity index (χ1) is 10.2. The molecule has 3 N–H and O–H groups in total. The number of carbonyl (C=O) groups is 1. The number of aromatic amines is 1. The van der Waals surface area contributed by atoms with Gasteiger partial charge in [0, 0.05) is 30.2 Å². The Bertz CT molecular complexity index is 628. The summed E-state index contributed by atoms with van der Waals surface area (Å²) in [6.45, 7) is 0. The van der Waals surface area contributed by atoms with E-state index in [9.17, 15) is 4.79 Å². The first-order valence-corrected chi connectivity index (χ1v) is 7.74. The molecule has 112 valence electrons. The highest BCUT2D eigenvalue weighted by Crippen LogP contribution is 2.24. The number of rotatable bonds is 4. The summed E-state index contributed by atoms with van der Waals surface area (Å²) in [5, 5.41) is 1.16. The molecule has 0 aliphatic heterocycles. The van der Waals surface area contributed by atoms with E-state index in [1.807, 2.05) is 36.3 Å². The fourth-order valence-electron chi connectivity index (χ4n) is 3.36. The molecule has 1 atom stereocenters. The Morgan fingerprint density at radius 2 is 2.10 bits per heavy atom. The zero-order valence-electron chi connectivity index (χ0n) is 12.5. The maximum atomic E-state index is 12.5. The zero-order chi connectivity index (χ0) is 14.8. The van der Waals surface area contributed by atoms with Gasteiger partial charge in [-0.1, -0.05) is 31.0 Å². The van der Waals surface area contributed by atoms with E-state index in [2.05, 4.69) is 11.1 Å².